The summed E-state index contributed by atoms with van der Waals surface area (Å²) >= 11 is 0. The zero-order valence-corrected chi connectivity index (χ0v) is 14.3. The van der Waals surface area contributed by atoms with Gasteiger partial charge in [-0.15, -0.1) is 0 Å². The van der Waals surface area contributed by atoms with Gasteiger partial charge in [-0.05, 0) is 18.8 Å². The highest BCUT2D eigenvalue weighted by Crippen LogP contribution is 2.08. The minimum atomic E-state index is -1.19. The van der Waals surface area contributed by atoms with Crippen molar-refractivity contribution in [3.63, 3.8) is 0 Å². The molecule has 23 heavy (non-hydrogen) atoms. The highest BCUT2D eigenvalue weighted by Gasteiger charge is 2.35. The van der Waals surface area contributed by atoms with Crippen molar-refractivity contribution >= 4 is 23.4 Å². The summed E-state index contributed by atoms with van der Waals surface area (Å²) in [7, 11) is 0. The zero-order valence-electron chi connectivity index (χ0n) is 14.3. The normalized spacial score (nSPS) is 11.5. The van der Waals surface area contributed by atoms with Gasteiger partial charge in [0.25, 0.3) is 0 Å². The third-order valence-corrected chi connectivity index (χ3v) is 2.87. The number of hydrogen-bond donors (Lipinski definition) is 0. The Bertz CT molecular complexity index is 467. The van der Waals surface area contributed by atoms with Crippen molar-refractivity contribution in [3.05, 3.63) is 5.53 Å². The Kier molecular flexibility index (Phi) is 10.5. The number of hydrogen-bond acceptors (Lipinski definition) is 5. The molecule has 0 bridgehead atoms. The van der Waals surface area contributed by atoms with Crippen molar-refractivity contribution < 1.29 is 28.6 Å². The van der Waals surface area contributed by atoms with E-state index in [1.165, 1.54) is 0 Å². The van der Waals surface area contributed by atoms with Crippen LogP contribution in [0.25, 0.3) is 5.53 Å². The van der Waals surface area contributed by atoms with Crippen molar-refractivity contribution in [2.75, 3.05) is 6.61 Å². The molecule has 0 fully saturated rings. The third-order valence-electron chi connectivity index (χ3n) is 2.87. The van der Waals surface area contributed by atoms with E-state index in [0.717, 1.165) is 0 Å². The molecule has 0 spiro atoms. The van der Waals surface area contributed by atoms with Gasteiger partial charge in [0.1, 0.15) is 6.61 Å². The molecule has 0 amide bonds. The second-order valence-electron chi connectivity index (χ2n) is 5.67. The average molecular weight is 326 g/mol. The number of carbonyl (C=O) groups is 3. The summed E-state index contributed by atoms with van der Waals surface area (Å²) < 4.78 is 10.1. The van der Waals surface area contributed by atoms with Crippen LogP contribution >= 0.6 is 0 Å². The highest BCUT2D eigenvalue weighted by atomic mass is 16.6. The maximum atomic E-state index is 12.1. The van der Waals surface area contributed by atoms with Crippen LogP contribution in [0.3, 0.4) is 0 Å². The Morgan fingerprint density at radius 3 is 2.09 bits per heavy atom. The number of carbonyl (C=O) groups excluding carboxylic acids is 3. The molecule has 0 saturated heterocycles. The lowest BCUT2D eigenvalue weighted by molar-refractivity contribution is -0.157. The Morgan fingerprint density at radius 2 is 1.61 bits per heavy atom. The lowest BCUT2D eigenvalue weighted by Crippen LogP contribution is -2.38. The summed E-state index contributed by atoms with van der Waals surface area (Å²) in [5, 5.41) is 0. The lowest BCUT2D eigenvalue weighted by atomic mass is 10.0. The zero-order chi connectivity index (χ0) is 17.8. The van der Waals surface area contributed by atoms with Crippen LogP contribution in [0, 0.1) is 5.92 Å². The third kappa shape index (κ3) is 8.88. The fourth-order valence-corrected chi connectivity index (χ4v) is 1.81. The van der Waals surface area contributed by atoms with Crippen LogP contribution in [0.2, 0.25) is 0 Å². The number of ether oxygens (including phenoxy) is 2. The van der Waals surface area contributed by atoms with Crippen molar-refractivity contribution in [1.29, 1.82) is 0 Å². The van der Waals surface area contributed by atoms with Crippen LogP contribution in [0.4, 0.5) is 0 Å². The fraction of sp³-hybridized carbons (Fsp3) is 0.750. The molecule has 0 aliphatic heterocycles. The van der Waals surface area contributed by atoms with E-state index >= 15 is 0 Å². The first-order valence-electron chi connectivity index (χ1n) is 7.95. The van der Waals surface area contributed by atoms with Gasteiger partial charge < -0.3 is 15.0 Å². The van der Waals surface area contributed by atoms with Crippen LogP contribution < -0.4 is 0 Å². The summed E-state index contributed by atoms with van der Waals surface area (Å²) in [5.41, 5.74) is 8.83. The first-order chi connectivity index (χ1) is 10.8. The SMILES string of the molecule is CCCC(=O)OCC(OC(=O)CCC)C(=[N+]=[N-])C(=O)CC(C)C. The standard InChI is InChI=1S/C16H26N2O5/c1-5-7-14(20)22-10-13(23-15(21)8-6-2)16(18-17)12(19)9-11(3)4/h11,13H,5-10H2,1-4H3. The summed E-state index contributed by atoms with van der Waals surface area (Å²) in [6, 6.07) is 0. The van der Waals surface area contributed by atoms with Gasteiger partial charge in [-0.2, -0.15) is 4.79 Å². The molecule has 0 heterocycles. The molecule has 0 aromatic carbocycles. The van der Waals surface area contributed by atoms with Crippen LogP contribution in [0.5, 0.6) is 0 Å². The number of ketones is 1. The van der Waals surface area contributed by atoms with Gasteiger partial charge in [0.15, 0.2) is 0 Å². The van der Waals surface area contributed by atoms with Crippen LogP contribution in [0.1, 0.15) is 59.8 Å². The van der Waals surface area contributed by atoms with E-state index in [0.29, 0.717) is 12.8 Å². The van der Waals surface area contributed by atoms with E-state index in [4.69, 9.17) is 15.0 Å². The topological polar surface area (TPSA) is 106 Å². The van der Waals surface area contributed by atoms with Gasteiger partial charge >= 0.3 is 17.7 Å². The molecule has 0 aliphatic carbocycles. The molecular formula is C16H26N2O5. The first-order valence-corrected chi connectivity index (χ1v) is 7.95. The molecule has 0 aromatic heterocycles. The van der Waals surface area contributed by atoms with Crippen molar-refractivity contribution in [2.24, 2.45) is 5.92 Å². The Morgan fingerprint density at radius 1 is 1.04 bits per heavy atom. The second-order valence-corrected chi connectivity index (χ2v) is 5.67. The van der Waals surface area contributed by atoms with Crippen LogP contribution in [0.15, 0.2) is 0 Å². The maximum Gasteiger partial charge on any atom is 0.378 e. The second kappa shape index (κ2) is 11.5. The Labute approximate surface area is 137 Å². The molecule has 7 heteroatoms. The predicted molar refractivity (Wildman–Crippen MR) is 83.7 cm³/mol. The van der Waals surface area contributed by atoms with Gasteiger partial charge in [-0.1, -0.05) is 27.7 Å². The predicted octanol–water partition coefficient (Wildman–Crippen LogP) is 2.33. The van der Waals surface area contributed by atoms with Crippen LogP contribution in [-0.2, 0) is 23.9 Å². The quantitative estimate of drug-likeness (QED) is 0.251. The molecule has 0 rings (SSSR count). The minimum Gasteiger partial charge on any atom is -0.461 e. The molecule has 1 atom stereocenters. The molecule has 0 radical (unpaired) electrons. The summed E-state index contributed by atoms with van der Waals surface area (Å²) in [6.45, 7) is 6.98. The molecule has 0 aromatic rings. The van der Waals surface area contributed by atoms with Crippen molar-refractivity contribution in [1.82, 2.24) is 0 Å². The van der Waals surface area contributed by atoms with Crippen LogP contribution in [-0.4, -0.2) is 40.9 Å². The van der Waals surface area contributed by atoms with Gasteiger partial charge in [0.05, 0.1) is 0 Å². The van der Waals surface area contributed by atoms with E-state index < -0.39 is 23.8 Å². The van der Waals surface area contributed by atoms with Gasteiger partial charge in [0, 0.05) is 19.3 Å². The Hall–Kier alpha value is -2.01. The Balaban J connectivity index is 5.06. The maximum absolute atomic E-state index is 12.1. The summed E-state index contributed by atoms with van der Waals surface area (Å²) in [5.74, 6) is -1.39. The molecule has 0 aliphatic rings. The van der Waals surface area contributed by atoms with E-state index in [1.54, 1.807) is 0 Å². The molecular weight excluding hydrogens is 300 g/mol. The van der Waals surface area contributed by atoms with E-state index in [9.17, 15) is 14.4 Å². The van der Waals surface area contributed by atoms with E-state index in [-0.39, 0.29) is 37.5 Å². The number of rotatable bonds is 11. The monoisotopic (exact) mass is 326 g/mol. The summed E-state index contributed by atoms with van der Waals surface area (Å²) in [4.78, 5) is 38.2. The molecule has 1 unspecified atom stereocenters. The molecule has 7 nitrogen and oxygen atoms in total. The van der Waals surface area contributed by atoms with Gasteiger partial charge in [-0.25, -0.2) is 0 Å². The minimum absolute atomic E-state index is 0.0499. The van der Waals surface area contributed by atoms with E-state index in [1.807, 2.05) is 27.7 Å². The van der Waals surface area contributed by atoms with Crippen molar-refractivity contribution in [2.45, 2.75) is 65.9 Å². The first kappa shape index (κ1) is 21.0. The lowest BCUT2D eigenvalue weighted by Gasteiger charge is -2.14. The average Bonchev–Trinajstić information content (AvgIpc) is 2.45. The molecule has 0 N–H and O–H groups in total. The molecule has 0 saturated carbocycles. The van der Waals surface area contributed by atoms with Gasteiger partial charge in [0.2, 0.25) is 11.9 Å². The fourth-order valence-electron chi connectivity index (χ4n) is 1.81. The van der Waals surface area contributed by atoms with Gasteiger partial charge in [-0.3, -0.25) is 14.4 Å². The number of nitrogens with zero attached hydrogens (tertiary/aromatic N) is 2. The summed E-state index contributed by atoms with van der Waals surface area (Å²) in [6.07, 6.45) is 0.534. The number of esters is 2. The van der Waals surface area contributed by atoms with E-state index in [2.05, 4.69) is 4.79 Å². The number of Topliss-reactive ketones (excluding diaryl/α,β-unsaturated/α-hetero) is 1. The molecule has 130 valence electrons. The smallest absolute Gasteiger partial charge is 0.378 e. The van der Waals surface area contributed by atoms with Crippen molar-refractivity contribution in [3.8, 4) is 0 Å². The highest BCUT2D eigenvalue weighted by molar-refractivity contribution is 6.39. The largest absolute Gasteiger partial charge is 0.461 e.